The van der Waals surface area contributed by atoms with E-state index in [9.17, 15) is 15.0 Å². The Morgan fingerprint density at radius 1 is 1.42 bits per heavy atom. The number of carbonyl (C=O) groups is 1. The molecule has 6 nitrogen and oxygen atoms in total. The van der Waals surface area contributed by atoms with E-state index in [1.165, 1.54) is 6.92 Å². The molecule has 0 spiro atoms. The Hall–Kier alpha value is -0.950. The molecule has 3 rings (SSSR count). The molecule has 6 heteroatoms. The molecule has 0 bridgehead atoms. The molecular formula is C18H29NO5. The first kappa shape index (κ1) is 17.9. The van der Waals surface area contributed by atoms with Gasteiger partial charge in [0.2, 0.25) is 0 Å². The molecule has 0 unspecified atom stereocenters. The number of allylic oxidation sites excluding steroid dienone is 1. The van der Waals surface area contributed by atoms with Crippen molar-refractivity contribution in [2.24, 2.45) is 11.8 Å². The third-order valence-corrected chi connectivity index (χ3v) is 6.10. The van der Waals surface area contributed by atoms with Gasteiger partial charge in [0.05, 0.1) is 25.4 Å². The smallest absolute Gasteiger partial charge is 0.338 e. The molecular weight excluding hydrogens is 310 g/mol. The lowest BCUT2D eigenvalue weighted by molar-refractivity contribution is -0.172. The van der Waals surface area contributed by atoms with Crippen molar-refractivity contribution < 1.29 is 24.5 Å². The molecule has 136 valence electrons. The maximum Gasteiger partial charge on any atom is 0.338 e. The third kappa shape index (κ3) is 3.12. The number of rotatable bonds is 0. The summed E-state index contributed by atoms with van der Waals surface area (Å²) < 4.78 is 11.6. The maximum absolute atomic E-state index is 12.4. The van der Waals surface area contributed by atoms with Gasteiger partial charge >= 0.3 is 5.97 Å². The second-order valence-electron chi connectivity index (χ2n) is 7.65. The minimum atomic E-state index is -1.55. The highest BCUT2D eigenvalue weighted by Gasteiger charge is 2.50. The molecule has 0 amide bonds. The van der Waals surface area contributed by atoms with Crippen molar-refractivity contribution in [1.29, 1.82) is 0 Å². The van der Waals surface area contributed by atoms with Crippen LogP contribution >= 0.6 is 0 Å². The van der Waals surface area contributed by atoms with E-state index in [1.807, 2.05) is 19.9 Å². The predicted octanol–water partition coefficient (Wildman–Crippen LogP) is 0.717. The summed E-state index contributed by atoms with van der Waals surface area (Å²) in [5, 5.41) is 21.0. The molecule has 0 aromatic heterocycles. The first-order valence-corrected chi connectivity index (χ1v) is 8.92. The van der Waals surface area contributed by atoms with Crippen molar-refractivity contribution in [1.82, 2.24) is 4.90 Å². The van der Waals surface area contributed by atoms with Crippen LogP contribution in [0.2, 0.25) is 0 Å². The minimum Gasteiger partial charge on any atom is -0.463 e. The van der Waals surface area contributed by atoms with E-state index in [-0.39, 0.29) is 30.6 Å². The van der Waals surface area contributed by atoms with E-state index in [4.69, 9.17) is 9.47 Å². The second kappa shape index (κ2) is 6.75. The number of aliphatic hydroxyl groups is 2. The fourth-order valence-corrected chi connectivity index (χ4v) is 4.19. The average molecular weight is 339 g/mol. The minimum absolute atomic E-state index is 0.0519. The lowest BCUT2D eigenvalue weighted by Gasteiger charge is -2.33. The van der Waals surface area contributed by atoms with Crippen LogP contribution in [0.15, 0.2) is 11.6 Å². The first-order chi connectivity index (χ1) is 11.3. The van der Waals surface area contributed by atoms with Crippen molar-refractivity contribution in [2.45, 2.75) is 57.5 Å². The third-order valence-electron chi connectivity index (χ3n) is 6.10. The predicted molar refractivity (Wildman–Crippen MR) is 88.3 cm³/mol. The molecule has 3 heterocycles. The number of hydrogen-bond acceptors (Lipinski definition) is 6. The quantitative estimate of drug-likeness (QED) is 0.500. The van der Waals surface area contributed by atoms with Crippen LogP contribution < -0.4 is 0 Å². The molecule has 24 heavy (non-hydrogen) atoms. The van der Waals surface area contributed by atoms with E-state index in [2.05, 4.69) is 4.90 Å². The molecule has 0 saturated carbocycles. The maximum atomic E-state index is 12.4. The number of aliphatic hydroxyl groups excluding tert-OH is 1. The van der Waals surface area contributed by atoms with Gasteiger partial charge in [0, 0.05) is 25.0 Å². The Balaban J connectivity index is 1.85. The summed E-state index contributed by atoms with van der Waals surface area (Å²) in [4.78, 5) is 14.6. The Morgan fingerprint density at radius 3 is 2.88 bits per heavy atom. The first-order valence-electron chi connectivity index (χ1n) is 8.92. The van der Waals surface area contributed by atoms with Gasteiger partial charge in [0.25, 0.3) is 0 Å². The largest absolute Gasteiger partial charge is 0.463 e. The Kier molecular flexibility index (Phi) is 5.02. The normalized spacial score (nSPS) is 46.3. The SMILES string of the molecule is C/C=C1/CO[C@@H]2CCN3C[C@@H](O)[C@H](COC(=O)[C@](C)(O)[C@H](C)C1)[C@H]23. The summed E-state index contributed by atoms with van der Waals surface area (Å²) >= 11 is 0. The van der Waals surface area contributed by atoms with Gasteiger partial charge in [0.1, 0.15) is 0 Å². The monoisotopic (exact) mass is 339 g/mol. The summed E-state index contributed by atoms with van der Waals surface area (Å²) in [6.07, 6.45) is 3.05. The number of nitrogens with zero attached hydrogens (tertiary/aromatic N) is 1. The molecule has 3 aliphatic rings. The molecule has 3 aliphatic heterocycles. The van der Waals surface area contributed by atoms with Gasteiger partial charge in [-0.1, -0.05) is 13.0 Å². The number of esters is 1. The number of hydrogen-bond donors (Lipinski definition) is 2. The van der Waals surface area contributed by atoms with Crippen molar-refractivity contribution >= 4 is 5.97 Å². The molecule has 0 aliphatic carbocycles. The van der Waals surface area contributed by atoms with Gasteiger partial charge in [-0.3, -0.25) is 4.90 Å². The molecule has 0 radical (unpaired) electrons. The average Bonchev–Trinajstić information content (AvgIpc) is 3.06. The van der Waals surface area contributed by atoms with Crippen LogP contribution in [0.25, 0.3) is 0 Å². The summed E-state index contributed by atoms with van der Waals surface area (Å²) in [7, 11) is 0. The van der Waals surface area contributed by atoms with Crippen LogP contribution in [0, 0.1) is 11.8 Å². The van der Waals surface area contributed by atoms with Gasteiger partial charge < -0.3 is 19.7 Å². The van der Waals surface area contributed by atoms with E-state index in [0.29, 0.717) is 19.6 Å². The highest BCUT2D eigenvalue weighted by atomic mass is 16.6. The van der Waals surface area contributed by atoms with Crippen LogP contribution in [-0.2, 0) is 14.3 Å². The van der Waals surface area contributed by atoms with Crippen molar-refractivity contribution in [3.05, 3.63) is 11.6 Å². The van der Waals surface area contributed by atoms with Gasteiger partial charge in [-0.15, -0.1) is 0 Å². The molecule has 3 saturated heterocycles. The zero-order valence-corrected chi connectivity index (χ0v) is 14.8. The van der Waals surface area contributed by atoms with Crippen LogP contribution in [-0.4, -0.2) is 71.2 Å². The highest BCUT2D eigenvalue weighted by molar-refractivity contribution is 5.79. The molecule has 0 aromatic carbocycles. The lowest BCUT2D eigenvalue weighted by Crippen LogP contribution is -2.46. The van der Waals surface area contributed by atoms with E-state index in [1.54, 1.807) is 0 Å². The van der Waals surface area contributed by atoms with E-state index >= 15 is 0 Å². The molecule has 2 N–H and O–H groups in total. The fourth-order valence-electron chi connectivity index (χ4n) is 4.19. The van der Waals surface area contributed by atoms with Crippen molar-refractivity contribution in [2.75, 3.05) is 26.3 Å². The Morgan fingerprint density at radius 2 is 2.17 bits per heavy atom. The number of ether oxygens (including phenoxy) is 2. The zero-order valence-electron chi connectivity index (χ0n) is 14.8. The summed E-state index contributed by atoms with van der Waals surface area (Å²) in [5.41, 5.74) is -0.476. The summed E-state index contributed by atoms with van der Waals surface area (Å²) in [6.45, 7) is 7.43. The van der Waals surface area contributed by atoms with E-state index in [0.717, 1.165) is 18.5 Å². The van der Waals surface area contributed by atoms with Crippen molar-refractivity contribution in [3.63, 3.8) is 0 Å². The van der Waals surface area contributed by atoms with Crippen LogP contribution in [0.3, 0.4) is 0 Å². The van der Waals surface area contributed by atoms with Crippen LogP contribution in [0.1, 0.15) is 33.6 Å². The van der Waals surface area contributed by atoms with Crippen LogP contribution in [0.5, 0.6) is 0 Å². The summed E-state index contributed by atoms with van der Waals surface area (Å²) in [5.74, 6) is -1.04. The van der Waals surface area contributed by atoms with Crippen LogP contribution in [0.4, 0.5) is 0 Å². The van der Waals surface area contributed by atoms with E-state index < -0.39 is 17.7 Å². The second-order valence-corrected chi connectivity index (χ2v) is 7.65. The van der Waals surface area contributed by atoms with Gasteiger partial charge in [-0.05, 0) is 38.2 Å². The zero-order chi connectivity index (χ0) is 17.5. The fraction of sp³-hybridized carbons (Fsp3) is 0.833. The standard InChI is InChI=1S/C18H29NO5/c1-4-12-7-11(2)18(3,22)17(21)24-10-13-14(20)8-19-6-5-15(16(13)19)23-9-12/h4,11,13-16,20,22H,5-10H2,1-3H3/b12-4+/t11-,13+,14-,15-,16-,18-/m1/s1. The Bertz CT molecular complexity index is 518. The molecule has 0 aromatic rings. The van der Waals surface area contributed by atoms with Gasteiger partial charge in [-0.2, -0.15) is 0 Å². The van der Waals surface area contributed by atoms with Gasteiger partial charge in [-0.25, -0.2) is 4.79 Å². The number of cyclic esters (lactones) is 1. The Labute approximate surface area is 143 Å². The lowest BCUT2D eigenvalue weighted by atomic mass is 9.85. The number of carbonyl (C=O) groups excluding carboxylic acids is 1. The highest BCUT2D eigenvalue weighted by Crippen LogP contribution is 2.36. The molecule has 6 atom stereocenters. The molecule has 3 fully saturated rings. The topological polar surface area (TPSA) is 79.2 Å². The van der Waals surface area contributed by atoms with Gasteiger partial charge in [0.15, 0.2) is 5.60 Å². The summed E-state index contributed by atoms with van der Waals surface area (Å²) in [6, 6.07) is 0.0766. The van der Waals surface area contributed by atoms with Crippen molar-refractivity contribution in [3.8, 4) is 0 Å².